The molecule has 0 radical (unpaired) electrons. The highest BCUT2D eigenvalue weighted by Crippen LogP contribution is 2.27. The van der Waals surface area contributed by atoms with Gasteiger partial charge in [0.1, 0.15) is 0 Å². The molecular weight excluding hydrogens is 368 g/mol. The Morgan fingerprint density at radius 1 is 1.17 bits per heavy atom. The lowest BCUT2D eigenvalue weighted by Gasteiger charge is -2.01. The van der Waals surface area contributed by atoms with Gasteiger partial charge in [0.25, 0.3) is 0 Å². The lowest BCUT2D eigenvalue weighted by atomic mass is 10.1. The fourth-order valence-corrected chi connectivity index (χ4v) is 2.71. The average Bonchev–Trinajstić information content (AvgIpc) is 3.04. The summed E-state index contributed by atoms with van der Waals surface area (Å²) >= 11 is 3.48. The molecule has 0 aliphatic rings. The van der Waals surface area contributed by atoms with Gasteiger partial charge in [0.05, 0.1) is 18.5 Å². The van der Waals surface area contributed by atoms with E-state index >= 15 is 0 Å². The molecule has 0 aliphatic carbocycles. The Hall–Kier alpha value is -2.66. The Morgan fingerprint density at radius 3 is 2.67 bits per heavy atom. The van der Waals surface area contributed by atoms with Crippen LogP contribution in [-0.4, -0.2) is 22.9 Å². The van der Waals surface area contributed by atoms with Crippen LogP contribution in [0, 0.1) is 0 Å². The van der Waals surface area contributed by atoms with Crippen LogP contribution in [0.5, 0.6) is 0 Å². The van der Waals surface area contributed by atoms with Gasteiger partial charge < -0.3 is 4.74 Å². The van der Waals surface area contributed by atoms with Crippen molar-refractivity contribution in [2.75, 3.05) is 7.11 Å². The van der Waals surface area contributed by atoms with Crippen molar-refractivity contribution < 1.29 is 9.53 Å². The molecule has 0 unspecified atom stereocenters. The zero-order chi connectivity index (χ0) is 16.9. The number of ether oxygens (including phenoxy) is 1. The molecular formula is C19H15BrN2O2. The maximum atomic E-state index is 11.4. The van der Waals surface area contributed by atoms with E-state index in [2.05, 4.69) is 25.8 Å². The summed E-state index contributed by atoms with van der Waals surface area (Å²) in [6.07, 6.45) is 5.01. The molecule has 2 aromatic carbocycles. The highest BCUT2D eigenvalue weighted by atomic mass is 79.9. The molecule has 0 saturated heterocycles. The number of hydrogen-bond donors (Lipinski definition) is 0. The lowest BCUT2D eigenvalue weighted by Crippen LogP contribution is -1.93. The lowest BCUT2D eigenvalue weighted by molar-refractivity contribution is -0.134. The van der Waals surface area contributed by atoms with Crippen LogP contribution in [0.1, 0.15) is 5.56 Å². The highest BCUT2D eigenvalue weighted by Gasteiger charge is 2.11. The molecule has 1 aromatic heterocycles. The summed E-state index contributed by atoms with van der Waals surface area (Å²) < 4.78 is 7.44. The zero-order valence-electron chi connectivity index (χ0n) is 13.0. The standard InChI is InChI=1S/C19H15BrN2O2/c1-24-18(23)11-10-15-13-22(17-8-3-2-4-9-17)21-19(15)14-6-5-7-16(20)12-14/h2-13H,1H3. The first-order valence-electron chi connectivity index (χ1n) is 7.34. The molecule has 24 heavy (non-hydrogen) atoms. The number of methoxy groups -OCH3 is 1. The van der Waals surface area contributed by atoms with Crippen LogP contribution in [0.15, 0.2) is 71.3 Å². The number of carbonyl (C=O) groups excluding carboxylic acids is 1. The molecule has 4 nitrogen and oxygen atoms in total. The number of halogens is 1. The van der Waals surface area contributed by atoms with Gasteiger partial charge in [0.15, 0.2) is 0 Å². The number of nitrogens with zero attached hydrogens (tertiary/aromatic N) is 2. The summed E-state index contributed by atoms with van der Waals surface area (Å²) in [5.74, 6) is -0.400. The normalized spacial score (nSPS) is 10.9. The summed E-state index contributed by atoms with van der Waals surface area (Å²) in [4.78, 5) is 11.4. The van der Waals surface area contributed by atoms with E-state index in [1.54, 1.807) is 10.8 Å². The van der Waals surface area contributed by atoms with E-state index in [0.717, 1.165) is 27.0 Å². The Bertz CT molecular complexity index is 885. The van der Waals surface area contributed by atoms with Gasteiger partial charge in [-0.1, -0.05) is 46.3 Å². The smallest absolute Gasteiger partial charge is 0.330 e. The molecule has 1 heterocycles. The molecule has 3 rings (SSSR count). The van der Waals surface area contributed by atoms with Crippen molar-refractivity contribution in [2.24, 2.45) is 0 Å². The molecule has 0 spiro atoms. The van der Waals surface area contributed by atoms with Crippen LogP contribution >= 0.6 is 15.9 Å². The van der Waals surface area contributed by atoms with Gasteiger partial charge in [-0.15, -0.1) is 0 Å². The molecule has 5 heteroatoms. The minimum atomic E-state index is -0.400. The predicted molar refractivity (Wildman–Crippen MR) is 97.8 cm³/mol. The number of aromatic nitrogens is 2. The second-order valence-electron chi connectivity index (χ2n) is 5.08. The second kappa shape index (κ2) is 7.27. The zero-order valence-corrected chi connectivity index (χ0v) is 14.6. The van der Waals surface area contributed by atoms with E-state index in [9.17, 15) is 4.79 Å². The Labute approximate surface area is 148 Å². The summed E-state index contributed by atoms with van der Waals surface area (Å²) in [7, 11) is 1.36. The van der Waals surface area contributed by atoms with Crippen LogP contribution in [0.3, 0.4) is 0 Å². The quantitative estimate of drug-likeness (QED) is 0.493. The minimum absolute atomic E-state index is 0.400. The fourth-order valence-electron chi connectivity index (χ4n) is 2.31. The van der Waals surface area contributed by atoms with Gasteiger partial charge in [-0.25, -0.2) is 9.48 Å². The maximum Gasteiger partial charge on any atom is 0.330 e. The third-order valence-electron chi connectivity index (χ3n) is 3.46. The Balaban J connectivity index is 2.09. The van der Waals surface area contributed by atoms with Crippen LogP contribution in [0.2, 0.25) is 0 Å². The maximum absolute atomic E-state index is 11.4. The summed E-state index contributed by atoms with van der Waals surface area (Å²) in [5, 5.41) is 4.69. The van der Waals surface area contributed by atoms with Crippen molar-refractivity contribution in [1.29, 1.82) is 0 Å². The molecule has 3 aromatic rings. The van der Waals surface area contributed by atoms with E-state index in [0.29, 0.717) is 0 Å². The Kier molecular flexibility index (Phi) is 4.91. The van der Waals surface area contributed by atoms with Gasteiger partial charge in [-0.2, -0.15) is 5.10 Å². The predicted octanol–water partition coefficient (Wildman–Crippen LogP) is 4.49. The van der Waals surface area contributed by atoms with Crippen molar-refractivity contribution in [2.45, 2.75) is 0 Å². The monoisotopic (exact) mass is 382 g/mol. The van der Waals surface area contributed by atoms with Crippen LogP contribution in [0.4, 0.5) is 0 Å². The fraction of sp³-hybridized carbons (Fsp3) is 0.0526. The van der Waals surface area contributed by atoms with Crippen molar-refractivity contribution in [1.82, 2.24) is 9.78 Å². The SMILES string of the molecule is COC(=O)C=Cc1cn(-c2ccccc2)nc1-c1cccc(Br)c1. The van der Waals surface area contributed by atoms with E-state index in [-0.39, 0.29) is 0 Å². The number of hydrogen-bond acceptors (Lipinski definition) is 3. The number of rotatable bonds is 4. The van der Waals surface area contributed by atoms with E-state index < -0.39 is 5.97 Å². The molecule has 0 fully saturated rings. The first-order valence-corrected chi connectivity index (χ1v) is 8.14. The molecule has 0 N–H and O–H groups in total. The molecule has 0 atom stereocenters. The van der Waals surface area contributed by atoms with Crippen LogP contribution in [-0.2, 0) is 9.53 Å². The first kappa shape index (κ1) is 16.2. The van der Waals surface area contributed by atoms with Crippen LogP contribution < -0.4 is 0 Å². The van der Waals surface area contributed by atoms with E-state index in [1.807, 2.05) is 60.8 Å². The topological polar surface area (TPSA) is 44.1 Å². The Morgan fingerprint density at radius 2 is 1.96 bits per heavy atom. The number of benzene rings is 2. The van der Waals surface area contributed by atoms with Gasteiger partial charge in [-0.3, -0.25) is 0 Å². The third kappa shape index (κ3) is 3.63. The largest absolute Gasteiger partial charge is 0.466 e. The summed E-state index contributed by atoms with van der Waals surface area (Å²) in [5.41, 5.74) is 3.54. The number of para-hydroxylation sites is 1. The molecule has 120 valence electrons. The number of carbonyl (C=O) groups is 1. The molecule has 0 aliphatic heterocycles. The molecule has 0 amide bonds. The number of esters is 1. The first-order chi connectivity index (χ1) is 11.7. The van der Waals surface area contributed by atoms with Gasteiger partial charge in [0, 0.05) is 27.9 Å². The molecule has 0 bridgehead atoms. The van der Waals surface area contributed by atoms with Crippen molar-refractivity contribution >= 4 is 28.0 Å². The van der Waals surface area contributed by atoms with Gasteiger partial charge in [-0.05, 0) is 30.3 Å². The third-order valence-corrected chi connectivity index (χ3v) is 3.95. The van der Waals surface area contributed by atoms with Crippen molar-refractivity contribution in [3.63, 3.8) is 0 Å². The van der Waals surface area contributed by atoms with Crippen molar-refractivity contribution in [3.05, 3.63) is 76.9 Å². The van der Waals surface area contributed by atoms with E-state index in [1.165, 1.54) is 13.2 Å². The molecule has 0 saturated carbocycles. The van der Waals surface area contributed by atoms with E-state index in [4.69, 9.17) is 0 Å². The van der Waals surface area contributed by atoms with Gasteiger partial charge >= 0.3 is 5.97 Å². The van der Waals surface area contributed by atoms with Crippen molar-refractivity contribution in [3.8, 4) is 16.9 Å². The summed E-state index contributed by atoms with van der Waals surface area (Å²) in [6.45, 7) is 0. The average molecular weight is 383 g/mol. The summed E-state index contributed by atoms with van der Waals surface area (Å²) in [6, 6.07) is 17.7. The second-order valence-corrected chi connectivity index (χ2v) is 6.00. The van der Waals surface area contributed by atoms with Crippen LogP contribution in [0.25, 0.3) is 23.0 Å². The van der Waals surface area contributed by atoms with Gasteiger partial charge in [0.2, 0.25) is 0 Å². The minimum Gasteiger partial charge on any atom is -0.466 e. The highest BCUT2D eigenvalue weighted by molar-refractivity contribution is 9.10.